The van der Waals surface area contributed by atoms with E-state index in [0.29, 0.717) is 12.6 Å². The van der Waals surface area contributed by atoms with Crippen LogP contribution < -0.4 is 5.73 Å². The Bertz CT molecular complexity index is 436. The van der Waals surface area contributed by atoms with Crippen LogP contribution >= 0.6 is 11.3 Å². The lowest BCUT2D eigenvalue weighted by molar-refractivity contribution is 0.132. The van der Waals surface area contributed by atoms with E-state index in [1.165, 1.54) is 4.88 Å². The highest BCUT2D eigenvalue weighted by molar-refractivity contribution is 7.09. The summed E-state index contributed by atoms with van der Waals surface area (Å²) in [5.74, 6) is 0.947. The van der Waals surface area contributed by atoms with Crippen LogP contribution in [0, 0.1) is 0 Å². The predicted molar refractivity (Wildman–Crippen MR) is 75.5 cm³/mol. The first-order chi connectivity index (χ1) is 8.72. The Morgan fingerprint density at radius 1 is 1.33 bits per heavy atom. The van der Waals surface area contributed by atoms with E-state index in [2.05, 4.69) is 36.3 Å². The van der Waals surface area contributed by atoms with Gasteiger partial charge in [-0.1, -0.05) is 6.07 Å². The van der Waals surface area contributed by atoms with Crippen LogP contribution in [0.3, 0.4) is 0 Å². The van der Waals surface area contributed by atoms with Crippen LogP contribution in [0.15, 0.2) is 40.3 Å². The van der Waals surface area contributed by atoms with Gasteiger partial charge in [-0.3, -0.25) is 4.90 Å². The monoisotopic (exact) mass is 264 g/mol. The molecule has 3 nitrogen and oxygen atoms in total. The molecule has 1 unspecified atom stereocenters. The number of hydrogen-bond acceptors (Lipinski definition) is 4. The predicted octanol–water partition coefficient (Wildman–Crippen LogP) is 3.25. The lowest BCUT2D eigenvalue weighted by atomic mass is 10.1. The van der Waals surface area contributed by atoms with Crippen molar-refractivity contribution >= 4 is 11.3 Å². The maximum Gasteiger partial charge on any atom is 0.122 e. The molecule has 1 atom stereocenters. The van der Waals surface area contributed by atoms with Crippen molar-refractivity contribution in [3.63, 3.8) is 0 Å². The van der Waals surface area contributed by atoms with Crippen LogP contribution in [-0.4, -0.2) is 17.5 Å². The molecule has 0 bridgehead atoms. The Labute approximate surface area is 112 Å². The van der Waals surface area contributed by atoms with Crippen molar-refractivity contribution in [3.8, 4) is 0 Å². The van der Waals surface area contributed by atoms with Gasteiger partial charge >= 0.3 is 0 Å². The number of furan rings is 1. The summed E-state index contributed by atoms with van der Waals surface area (Å²) in [5, 5.41) is 2.11. The fourth-order valence-corrected chi connectivity index (χ4v) is 2.84. The number of nitrogens with two attached hydrogens (primary N) is 1. The maximum absolute atomic E-state index is 5.93. The van der Waals surface area contributed by atoms with Crippen molar-refractivity contribution < 1.29 is 4.42 Å². The van der Waals surface area contributed by atoms with E-state index < -0.39 is 0 Å². The van der Waals surface area contributed by atoms with Gasteiger partial charge in [-0.2, -0.15) is 0 Å². The van der Waals surface area contributed by atoms with Gasteiger partial charge < -0.3 is 10.2 Å². The summed E-state index contributed by atoms with van der Waals surface area (Å²) in [5.41, 5.74) is 5.93. The molecule has 0 fully saturated rings. The molecule has 2 heterocycles. The molecule has 0 aliphatic heterocycles. The first-order valence-corrected chi connectivity index (χ1v) is 7.12. The summed E-state index contributed by atoms with van der Waals surface area (Å²) < 4.78 is 5.52. The smallest absolute Gasteiger partial charge is 0.122 e. The van der Waals surface area contributed by atoms with Gasteiger partial charge in [-0.05, 0) is 37.4 Å². The highest BCUT2D eigenvalue weighted by Crippen LogP contribution is 2.25. The average molecular weight is 264 g/mol. The Hall–Kier alpha value is -1.10. The van der Waals surface area contributed by atoms with Gasteiger partial charge in [0, 0.05) is 24.0 Å². The van der Waals surface area contributed by atoms with E-state index in [9.17, 15) is 0 Å². The molecule has 0 aliphatic carbocycles. The van der Waals surface area contributed by atoms with E-state index in [1.54, 1.807) is 17.6 Å². The van der Waals surface area contributed by atoms with E-state index in [0.717, 1.165) is 12.3 Å². The van der Waals surface area contributed by atoms with Gasteiger partial charge in [0.25, 0.3) is 0 Å². The van der Waals surface area contributed by atoms with E-state index in [-0.39, 0.29) is 6.04 Å². The van der Waals surface area contributed by atoms with Gasteiger partial charge in [-0.25, -0.2) is 0 Å². The zero-order valence-corrected chi connectivity index (χ0v) is 11.7. The van der Waals surface area contributed by atoms with Crippen molar-refractivity contribution in [2.24, 2.45) is 5.73 Å². The van der Waals surface area contributed by atoms with Crippen molar-refractivity contribution in [1.29, 1.82) is 0 Å². The summed E-state index contributed by atoms with van der Waals surface area (Å²) >= 11 is 1.78. The topological polar surface area (TPSA) is 42.4 Å². The summed E-state index contributed by atoms with van der Waals surface area (Å²) in [7, 11) is 0. The highest BCUT2D eigenvalue weighted by Gasteiger charge is 2.24. The average Bonchev–Trinajstić information content (AvgIpc) is 3.00. The normalized spacial score (nSPS) is 13.4. The minimum Gasteiger partial charge on any atom is -0.468 e. The minimum absolute atomic E-state index is 0.141. The number of nitrogens with zero attached hydrogens (tertiary/aromatic N) is 1. The SMILES string of the molecule is CC(C)N(Cc1cccs1)C(CN)c1ccco1. The van der Waals surface area contributed by atoms with Gasteiger partial charge in [0.2, 0.25) is 0 Å². The summed E-state index contributed by atoms with van der Waals surface area (Å²) in [6, 6.07) is 8.73. The molecule has 4 heteroatoms. The lowest BCUT2D eigenvalue weighted by Gasteiger charge is -2.32. The molecule has 0 aliphatic rings. The first-order valence-electron chi connectivity index (χ1n) is 6.24. The molecule has 0 amide bonds. The van der Waals surface area contributed by atoms with Crippen LogP contribution in [0.2, 0.25) is 0 Å². The quantitative estimate of drug-likeness (QED) is 0.871. The molecular formula is C14H20N2OS. The third-order valence-electron chi connectivity index (χ3n) is 3.08. The van der Waals surface area contributed by atoms with E-state index >= 15 is 0 Å². The Kier molecular flexibility index (Phi) is 4.58. The van der Waals surface area contributed by atoms with Gasteiger partial charge in [-0.15, -0.1) is 11.3 Å². The fourth-order valence-electron chi connectivity index (χ4n) is 2.13. The van der Waals surface area contributed by atoms with Gasteiger partial charge in [0.15, 0.2) is 0 Å². The summed E-state index contributed by atoms with van der Waals surface area (Å²) in [4.78, 5) is 3.73. The molecule has 18 heavy (non-hydrogen) atoms. The largest absolute Gasteiger partial charge is 0.468 e. The van der Waals surface area contributed by atoms with E-state index in [4.69, 9.17) is 10.2 Å². The number of rotatable bonds is 6. The molecule has 98 valence electrons. The molecule has 2 aromatic heterocycles. The van der Waals surface area contributed by atoms with E-state index in [1.807, 2.05) is 12.1 Å². The van der Waals surface area contributed by atoms with Crippen LogP contribution in [0.4, 0.5) is 0 Å². The van der Waals surface area contributed by atoms with Gasteiger partial charge in [0.05, 0.1) is 12.3 Å². The summed E-state index contributed by atoms with van der Waals surface area (Å²) in [6.07, 6.45) is 1.71. The third kappa shape index (κ3) is 3.02. The second kappa shape index (κ2) is 6.18. The van der Waals surface area contributed by atoms with Crippen LogP contribution in [-0.2, 0) is 6.54 Å². The highest BCUT2D eigenvalue weighted by atomic mass is 32.1. The molecule has 0 saturated carbocycles. The third-order valence-corrected chi connectivity index (χ3v) is 3.94. The van der Waals surface area contributed by atoms with Gasteiger partial charge in [0.1, 0.15) is 5.76 Å². The number of hydrogen-bond donors (Lipinski definition) is 1. The lowest BCUT2D eigenvalue weighted by Crippen LogP contribution is -2.37. The molecule has 2 aromatic rings. The minimum atomic E-state index is 0.141. The molecule has 0 aromatic carbocycles. The standard InChI is InChI=1S/C14H20N2OS/c1-11(2)16(10-12-5-4-8-18-12)13(9-15)14-6-3-7-17-14/h3-8,11,13H,9-10,15H2,1-2H3. The molecule has 2 N–H and O–H groups in total. The molecule has 0 saturated heterocycles. The molecular weight excluding hydrogens is 244 g/mol. The van der Waals surface area contributed by atoms with Crippen LogP contribution in [0.5, 0.6) is 0 Å². The Morgan fingerprint density at radius 3 is 2.67 bits per heavy atom. The molecule has 2 rings (SSSR count). The molecule has 0 spiro atoms. The van der Waals surface area contributed by atoms with Crippen LogP contribution in [0.1, 0.15) is 30.5 Å². The Balaban J connectivity index is 2.18. The second-order valence-electron chi connectivity index (χ2n) is 4.61. The second-order valence-corrected chi connectivity index (χ2v) is 5.64. The van der Waals surface area contributed by atoms with Crippen molar-refractivity contribution in [1.82, 2.24) is 4.90 Å². The zero-order chi connectivity index (χ0) is 13.0. The van der Waals surface area contributed by atoms with Crippen LogP contribution in [0.25, 0.3) is 0 Å². The maximum atomic E-state index is 5.93. The molecule has 0 radical (unpaired) electrons. The zero-order valence-electron chi connectivity index (χ0n) is 10.9. The van der Waals surface area contributed by atoms with Crippen molar-refractivity contribution in [3.05, 3.63) is 46.5 Å². The van der Waals surface area contributed by atoms with Crippen molar-refractivity contribution in [2.75, 3.05) is 6.54 Å². The first kappa shape index (κ1) is 13.3. The number of thiophene rings is 1. The summed E-state index contributed by atoms with van der Waals surface area (Å²) in [6.45, 7) is 5.87. The fraction of sp³-hybridized carbons (Fsp3) is 0.429. The van der Waals surface area contributed by atoms with Crippen molar-refractivity contribution in [2.45, 2.75) is 32.5 Å². The Morgan fingerprint density at radius 2 is 2.17 bits per heavy atom.